The fraction of sp³-hybridized carbons (Fsp3) is 0.200. The molecule has 0 aliphatic rings. The van der Waals surface area contributed by atoms with Gasteiger partial charge in [-0.2, -0.15) is 0 Å². The second-order valence-electron chi connectivity index (χ2n) is 5.42. The molecule has 0 aliphatic heterocycles. The number of carbonyl (C=O) groups excluding carboxylic acids is 2. The van der Waals surface area contributed by atoms with Crippen molar-refractivity contribution >= 4 is 35.2 Å². The monoisotopic (exact) mass is 389 g/mol. The first-order valence-electron chi connectivity index (χ1n) is 8.16. The topological polar surface area (TPSA) is 73.9 Å². The van der Waals surface area contributed by atoms with Crippen LogP contribution in [0.1, 0.15) is 12.5 Å². The minimum atomic E-state index is -0.671. The van der Waals surface area contributed by atoms with Gasteiger partial charge in [-0.05, 0) is 42.8 Å². The lowest BCUT2D eigenvalue weighted by molar-refractivity contribution is -0.149. The summed E-state index contributed by atoms with van der Waals surface area (Å²) in [6.07, 6.45) is 3.82. The molecule has 0 aromatic heterocycles. The molecule has 1 amide bonds. The molecule has 1 N–H and O–H groups in total. The number of hydrogen-bond donors (Lipinski definition) is 1. The van der Waals surface area contributed by atoms with Gasteiger partial charge >= 0.3 is 5.97 Å². The van der Waals surface area contributed by atoms with E-state index in [4.69, 9.17) is 25.8 Å². The summed E-state index contributed by atoms with van der Waals surface area (Å²) < 4.78 is 15.6. The molecule has 0 spiro atoms. The van der Waals surface area contributed by atoms with Gasteiger partial charge in [0.25, 0.3) is 5.91 Å². The molecule has 0 saturated heterocycles. The van der Waals surface area contributed by atoms with Crippen LogP contribution in [0, 0.1) is 0 Å². The largest absolute Gasteiger partial charge is 0.493 e. The number of benzene rings is 2. The van der Waals surface area contributed by atoms with Gasteiger partial charge in [-0.3, -0.25) is 4.79 Å². The Hall–Kier alpha value is -2.99. The number of methoxy groups -OCH3 is 1. The molecule has 2 aromatic rings. The normalized spacial score (nSPS) is 10.5. The molecule has 0 radical (unpaired) electrons. The molecule has 0 atom stereocenters. The van der Waals surface area contributed by atoms with E-state index >= 15 is 0 Å². The van der Waals surface area contributed by atoms with Gasteiger partial charge in [0.2, 0.25) is 0 Å². The highest BCUT2D eigenvalue weighted by atomic mass is 35.5. The van der Waals surface area contributed by atoms with E-state index < -0.39 is 18.5 Å². The SMILES string of the molecule is C/C=C/c1ccc(OCC(=O)OCC(=O)Nc2cccc(Cl)c2)c(OC)c1. The van der Waals surface area contributed by atoms with Crippen LogP contribution in [0.3, 0.4) is 0 Å². The Kier molecular flexibility index (Phi) is 7.70. The van der Waals surface area contributed by atoms with Crippen LogP contribution in [0.15, 0.2) is 48.5 Å². The van der Waals surface area contributed by atoms with Gasteiger partial charge < -0.3 is 19.5 Å². The van der Waals surface area contributed by atoms with Gasteiger partial charge in [0.05, 0.1) is 7.11 Å². The molecule has 7 heteroatoms. The number of hydrogen-bond acceptors (Lipinski definition) is 5. The number of carbonyl (C=O) groups is 2. The number of nitrogens with one attached hydrogen (secondary N) is 1. The summed E-state index contributed by atoms with van der Waals surface area (Å²) in [5, 5.41) is 3.07. The lowest BCUT2D eigenvalue weighted by atomic mass is 10.2. The predicted octanol–water partition coefficient (Wildman–Crippen LogP) is 3.94. The summed E-state index contributed by atoms with van der Waals surface area (Å²) in [7, 11) is 1.51. The fourth-order valence-corrected chi connectivity index (χ4v) is 2.38. The molecule has 2 aromatic carbocycles. The summed E-state index contributed by atoms with van der Waals surface area (Å²) in [5.74, 6) is -0.238. The molecular weight excluding hydrogens is 370 g/mol. The molecule has 0 saturated carbocycles. The van der Waals surface area contributed by atoms with Gasteiger partial charge in [-0.25, -0.2) is 4.79 Å². The van der Waals surface area contributed by atoms with Crippen LogP contribution < -0.4 is 14.8 Å². The molecule has 0 aliphatic carbocycles. The number of halogens is 1. The smallest absolute Gasteiger partial charge is 0.344 e. The van der Waals surface area contributed by atoms with E-state index in [0.717, 1.165) is 5.56 Å². The van der Waals surface area contributed by atoms with E-state index in [1.165, 1.54) is 7.11 Å². The van der Waals surface area contributed by atoms with E-state index in [1.54, 1.807) is 36.4 Å². The molecule has 2 rings (SSSR count). The van der Waals surface area contributed by atoms with E-state index in [1.807, 2.05) is 25.1 Å². The third kappa shape index (κ3) is 6.67. The van der Waals surface area contributed by atoms with Crippen LogP contribution in [-0.2, 0) is 14.3 Å². The first kappa shape index (κ1) is 20.3. The van der Waals surface area contributed by atoms with Crippen molar-refractivity contribution in [3.8, 4) is 11.5 Å². The van der Waals surface area contributed by atoms with Crippen LogP contribution in [0.2, 0.25) is 5.02 Å². The first-order chi connectivity index (χ1) is 13.0. The summed E-state index contributed by atoms with van der Waals surface area (Å²) in [4.78, 5) is 23.6. The maximum absolute atomic E-state index is 11.8. The van der Waals surface area contributed by atoms with Crippen molar-refractivity contribution in [3.05, 3.63) is 59.1 Å². The van der Waals surface area contributed by atoms with Crippen molar-refractivity contribution < 1.29 is 23.8 Å². The van der Waals surface area contributed by atoms with Crippen molar-refractivity contribution in [1.82, 2.24) is 0 Å². The minimum Gasteiger partial charge on any atom is -0.493 e. The van der Waals surface area contributed by atoms with Crippen LogP contribution in [-0.4, -0.2) is 32.2 Å². The zero-order valence-corrected chi connectivity index (χ0v) is 15.8. The Bertz CT molecular complexity index is 835. The number of rotatable bonds is 8. The second-order valence-corrected chi connectivity index (χ2v) is 5.85. The van der Waals surface area contributed by atoms with Gasteiger partial charge in [-0.15, -0.1) is 0 Å². The van der Waals surface area contributed by atoms with Crippen LogP contribution in [0.5, 0.6) is 11.5 Å². The molecular formula is C20H20ClNO5. The molecule has 0 unspecified atom stereocenters. The molecule has 0 heterocycles. The second kappa shape index (κ2) is 10.2. The number of amides is 1. The highest BCUT2D eigenvalue weighted by Gasteiger charge is 2.11. The Balaban J connectivity index is 1.81. The molecule has 0 bridgehead atoms. The van der Waals surface area contributed by atoms with Gasteiger partial charge in [0.1, 0.15) is 0 Å². The number of ether oxygens (including phenoxy) is 3. The number of allylic oxidation sites excluding steroid dienone is 1. The van der Waals surface area contributed by atoms with Crippen molar-refractivity contribution in [2.24, 2.45) is 0 Å². The van der Waals surface area contributed by atoms with Gasteiger partial charge in [0, 0.05) is 10.7 Å². The van der Waals surface area contributed by atoms with E-state index in [9.17, 15) is 9.59 Å². The van der Waals surface area contributed by atoms with Crippen molar-refractivity contribution in [3.63, 3.8) is 0 Å². The molecule has 0 fully saturated rings. The maximum Gasteiger partial charge on any atom is 0.344 e. The number of esters is 1. The van der Waals surface area contributed by atoms with Crippen LogP contribution >= 0.6 is 11.6 Å². The molecule has 6 nitrogen and oxygen atoms in total. The van der Waals surface area contributed by atoms with Crippen molar-refractivity contribution in [1.29, 1.82) is 0 Å². The molecule has 142 valence electrons. The third-order valence-electron chi connectivity index (χ3n) is 3.36. The van der Waals surface area contributed by atoms with E-state index in [2.05, 4.69) is 5.32 Å². The Morgan fingerprint density at radius 1 is 1.11 bits per heavy atom. The van der Waals surface area contributed by atoms with Gasteiger partial charge in [0.15, 0.2) is 24.7 Å². The zero-order valence-electron chi connectivity index (χ0n) is 15.0. The van der Waals surface area contributed by atoms with E-state index in [0.29, 0.717) is 22.2 Å². The highest BCUT2D eigenvalue weighted by Crippen LogP contribution is 2.28. The lowest BCUT2D eigenvalue weighted by Gasteiger charge is -2.11. The van der Waals surface area contributed by atoms with Crippen LogP contribution in [0.25, 0.3) is 6.08 Å². The lowest BCUT2D eigenvalue weighted by Crippen LogP contribution is -2.23. The van der Waals surface area contributed by atoms with Crippen LogP contribution in [0.4, 0.5) is 5.69 Å². The van der Waals surface area contributed by atoms with Gasteiger partial charge in [-0.1, -0.05) is 35.9 Å². The zero-order chi connectivity index (χ0) is 19.6. The van der Waals surface area contributed by atoms with Crippen molar-refractivity contribution in [2.75, 3.05) is 25.6 Å². The quantitative estimate of drug-likeness (QED) is 0.692. The summed E-state index contributed by atoms with van der Waals surface area (Å²) in [6, 6.07) is 12.0. The Labute approximate surface area is 162 Å². The standard InChI is InChI=1S/C20H20ClNO5/c1-3-5-14-8-9-17(18(10-14)25-2)26-13-20(24)27-12-19(23)22-16-7-4-6-15(21)11-16/h3-11H,12-13H2,1-2H3,(H,22,23)/b5-3+. The number of anilines is 1. The molecule has 27 heavy (non-hydrogen) atoms. The Morgan fingerprint density at radius 2 is 1.93 bits per heavy atom. The fourth-order valence-electron chi connectivity index (χ4n) is 2.19. The highest BCUT2D eigenvalue weighted by molar-refractivity contribution is 6.30. The average Bonchev–Trinajstić information content (AvgIpc) is 2.65. The maximum atomic E-state index is 11.8. The summed E-state index contributed by atoms with van der Waals surface area (Å²) >= 11 is 5.84. The summed E-state index contributed by atoms with van der Waals surface area (Å²) in [6.45, 7) is 1.14. The third-order valence-corrected chi connectivity index (χ3v) is 3.60. The summed E-state index contributed by atoms with van der Waals surface area (Å²) in [5.41, 5.74) is 1.47. The van der Waals surface area contributed by atoms with E-state index in [-0.39, 0.29) is 6.61 Å². The Morgan fingerprint density at radius 3 is 2.63 bits per heavy atom. The average molecular weight is 390 g/mol. The minimum absolute atomic E-state index is 0.343. The first-order valence-corrected chi connectivity index (χ1v) is 8.54. The van der Waals surface area contributed by atoms with Crippen molar-refractivity contribution in [2.45, 2.75) is 6.92 Å². The predicted molar refractivity (Wildman–Crippen MR) is 104 cm³/mol.